The number of carbonyl (C=O) groups is 1. The number of amides is 1. The lowest BCUT2D eigenvalue weighted by Gasteiger charge is -2.29. The third kappa shape index (κ3) is 4.63. The van der Waals surface area contributed by atoms with Gasteiger partial charge in [-0.15, -0.1) is 0 Å². The Morgan fingerprint density at radius 2 is 1.86 bits per heavy atom. The van der Waals surface area contributed by atoms with Crippen LogP contribution >= 0.6 is 11.6 Å². The minimum absolute atomic E-state index is 0.240. The van der Waals surface area contributed by atoms with Crippen molar-refractivity contribution in [2.45, 2.75) is 19.6 Å². The molecule has 3 aromatic carbocycles. The molecule has 0 bridgehead atoms. The molecule has 0 spiro atoms. The highest BCUT2D eigenvalue weighted by Gasteiger charge is 2.34. The summed E-state index contributed by atoms with van der Waals surface area (Å²) >= 11 is 6.27. The molecule has 5 rings (SSSR count). The molecule has 0 fully saturated rings. The summed E-state index contributed by atoms with van der Waals surface area (Å²) in [7, 11) is 1.58. The van der Waals surface area contributed by atoms with Crippen molar-refractivity contribution < 1.29 is 14.3 Å². The van der Waals surface area contributed by atoms with Gasteiger partial charge in [-0.2, -0.15) is 10.1 Å². The smallest absolute Gasteiger partial charge is 0.255 e. The number of hydrogen-bond donors (Lipinski definition) is 2. The predicted molar refractivity (Wildman–Crippen MR) is 138 cm³/mol. The molecule has 2 heterocycles. The van der Waals surface area contributed by atoms with E-state index in [1.54, 1.807) is 11.8 Å². The molecule has 8 nitrogen and oxygen atoms in total. The van der Waals surface area contributed by atoms with Gasteiger partial charge in [-0.1, -0.05) is 54.1 Å². The lowest BCUT2D eigenvalue weighted by atomic mass is 9.94. The lowest BCUT2D eigenvalue weighted by Crippen LogP contribution is -2.31. The van der Waals surface area contributed by atoms with Gasteiger partial charge in [0.2, 0.25) is 5.95 Å². The average molecular weight is 502 g/mol. The van der Waals surface area contributed by atoms with E-state index in [0.717, 1.165) is 11.1 Å². The van der Waals surface area contributed by atoms with Crippen LogP contribution in [0, 0.1) is 0 Å². The Morgan fingerprint density at radius 1 is 1.08 bits per heavy atom. The van der Waals surface area contributed by atoms with Crippen LogP contribution in [0.1, 0.15) is 24.1 Å². The minimum Gasteiger partial charge on any atom is -0.493 e. The topological polar surface area (TPSA) is 90.3 Å². The first-order valence-electron chi connectivity index (χ1n) is 11.3. The third-order valence-electron chi connectivity index (χ3n) is 5.92. The number of benzene rings is 3. The summed E-state index contributed by atoms with van der Waals surface area (Å²) in [6.45, 7) is 2.14. The molecule has 36 heavy (non-hydrogen) atoms. The lowest BCUT2D eigenvalue weighted by molar-refractivity contribution is -0.113. The minimum atomic E-state index is -0.529. The first-order chi connectivity index (χ1) is 17.5. The highest BCUT2D eigenvalue weighted by Crippen LogP contribution is 2.39. The van der Waals surface area contributed by atoms with Gasteiger partial charge in [0.1, 0.15) is 19.0 Å². The molecule has 0 saturated heterocycles. The fraction of sp³-hybridized carbons (Fsp3) is 0.148. The predicted octanol–water partition coefficient (Wildman–Crippen LogP) is 5.45. The zero-order valence-electron chi connectivity index (χ0n) is 19.7. The number of methoxy groups -OCH3 is 1. The van der Waals surface area contributed by atoms with Crippen molar-refractivity contribution >= 4 is 29.1 Å². The molecule has 1 aliphatic rings. The summed E-state index contributed by atoms with van der Waals surface area (Å²) in [6.07, 6.45) is 1.46. The Labute approximate surface area is 213 Å². The average Bonchev–Trinajstić information content (AvgIpc) is 3.36. The summed E-state index contributed by atoms with van der Waals surface area (Å²) in [5.41, 5.74) is 3.57. The van der Waals surface area contributed by atoms with Crippen LogP contribution in [0.15, 0.2) is 90.4 Å². The van der Waals surface area contributed by atoms with Crippen LogP contribution in [0.25, 0.3) is 0 Å². The summed E-state index contributed by atoms with van der Waals surface area (Å²) in [5, 5.41) is 11.2. The fourth-order valence-electron chi connectivity index (χ4n) is 4.16. The molecule has 4 aromatic rings. The summed E-state index contributed by atoms with van der Waals surface area (Å²) in [6, 6.07) is 21.9. The number of rotatable bonds is 7. The standard InChI is InChI=1S/C27H24ClN5O3/c1-17-24(26(34)32-20-9-4-3-5-10-20)25(33-27(31-17)29-16-30-33)18-12-13-22(23(14-18)35-2)36-15-19-8-6-7-11-21(19)28/h3-14,16,25H,15H2,1-2H3,(H,32,34)(H,29,30,31)/t25-/m1/s1. The maximum absolute atomic E-state index is 13.5. The summed E-state index contributed by atoms with van der Waals surface area (Å²) in [5.74, 6) is 1.40. The maximum Gasteiger partial charge on any atom is 0.255 e. The van der Waals surface area contributed by atoms with E-state index in [4.69, 9.17) is 21.1 Å². The van der Waals surface area contributed by atoms with Gasteiger partial charge in [0.05, 0.1) is 12.7 Å². The number of allylic oxidation sites excluding steroid dienone is 1. The number of carbonyl (C=O) groups excluding carboxylic acids is 1. The van der Waals surface area contributed by atoms with Crippen molar-refractivity contribution in [3.63, 3.8) is 0 Å². The molecular formula is C27H24ClN5O3. The van der Waals surface area contributed by atoms with Gasteiger partial charge in [-0.25, -0.2) is 4.68 Å². The third-order valence-corrected chi connectivity index (χ3v) is 6.28. The van der Waals surface area contributed by atoms with Crippen LogP contribution in [0.5, 0.6) is 11.5 Å². The Balaban J connectivity index is 1.48. The molecule has 2 N–H and O–H groups in total. The van der Waals surface area contributed by atoms with Crippen LogP contribution in [0.4, 0.5) is 11.6 Å². The van der Waals surface area contributed by atoms with E-state index >= 15 is 0 Å². The van der Waals surface area contributed by atoms with Gasteiger partial charge in [-0.3, -0.25) is 4.79 Å². The molecule has 9 heteroatoms. The maximum atomic E-state index is 13.5. The van der Waals surface area contributed by atoms with E-state index in [1.165, 1.54) is 6.33 Å². The van der Waals surface area contributed by atoms with Gasteiger partial charge in [-0.05, 0) is 42.8 Å². The number of anilines is 2. The quantitative estimate of drug-likeness (QED) is 0.350. The second-order valence-electron chi connectivity index (χ2n) is 8.20. The number of nitrogens with one attached hydrogen (secondary N) is 2. The number of para-hydroxylation sites is 1. The van der Waals surface area contributed by atoms with Gasteiger partial charge in [0.25, 0.3) is 5.91 Å². The van der Waals surface area contributed by atoms with Crippen molar-refractivity contribution in [1.82, 2.24) is 14.8 Å². The molecule has 0 aliphatic carbocycles. The zero-order valence-corrected chi connectivity index (χ0v) is 20.5. The SMILES string of the molecule is COc1cc([C@@H]2C(C(=O)Nc3ccccc3)=C(C)Nc3ncnn32)ccc1OCc1ccccc1Cl. The highest BCUT2D eigenvalue weighted by atomic mass is 35.5. The fourth-order valence-corrected chi connectivity index (χ4v) is 4.35. The van der Waals surface area contributed by atoms with Gasteiger partial charge in [0, 0.05) is 22.0 Å². The number of halogens is 1. The first kappa shape index (κ1) is 23.4. The van der Waals surface area contributed by atoms with Crippen LogP contribution < -0.4 is 20.1 Å². The second kappa shape index (κ2) is 10.1. The molecule has 182 valence electrons. The van der Waals surface area contributed by atoms with Crippen LogP contribution in [-0.4, -0.2) is 27.8 Å². The number of hydrogen-bond acceptors (Lipinski definition) is 6. The molecule has 0 saturated carbocycles. The van der Waals surface area contributed by atoms with Crippen molar-refractivity contribution in [1.29, 1.82) is 0 Å². The van der Waals surface area contributed by atoms with Crippen molar-refractivity contribution in [3.8, 4) is 11.5 Å². The zero-order chi connectivity index (χ0) is 25.1. The number of nitrogens with zero attached hydrogens (tertiary/aromatic N) is 3. The van der Waals surface area contributed by atoms with Crippen LogP contribution in [0.3, 0.4) is 0 Å². The van der Waals surface area contributed by atoms with E-state index < -0.39 is 6.04 Å². The van der Waals surface area contributed by atoms with Gasteiger partial charge >= 0.3 is 0 Å². The Kier molecular flexibility index (Phi) is 6.60. The molecule has 1 amide bonds. The number of aromatic nitrogens is 3. The molecule has 1 aliphatic heterocycles. The molecular weight excluding hydrogens is 478 g/mol. The first-order valence-corrected chi connectivity index (χ1v) is 11.7. The number of ether oxygens (including phenoxy) is 2. The Hall–Kier alpha value is -4.30. The molecule has 0 radical (unpaired) electrons. The largest absolute Gasteiger partial charge is 0.493 e. The van der Waals surface area contributed by atoms with Crippen molar-refractivity contribution in [3.05, 3.63) is 107 Å². The molecule has 1 aromatic heterocycles. The van der Waals surface area contributed by atoms with Crippen LogP contribution in [0.2, 0.25) is 5.02 Å². The van der Waals surface area contributed by atoms with Gasteiger partial charge < -0.3 is 20.1 Å². The van der Waals surface area contributed by atoms with Crippen LogP contribution in [-0.2, 0) is 11.4 Å². The van der Waals surface area contributed by atoms with Crippen molar-refractivity contribution in [2.75, 3.05) is 17.7 Å². The monoisotopic (exact) mass is 501 g/mol. The Morgan fingerprint density at radius 3 is 2.64 bits per heavy atom. The highest BCUT2D eigenvalue weighted by molar-refractivity contribution is 6.31. The normalized spacial score (nSPS) is 14.6. The van der Waals surface area contributed by atoms with E-state index in [0.29, 0.717) is 46.0 Å². The van der Waals surface area contributed by atoms with Gasteiger partial charge in [0.15, 0.2) is 11.5 Å². The van der Waals surface area contributed by atoms with E-state index in [-0.39, 0.29) is 5.91 Å². The molecule has 0 unspecified atom stereocenters. The van der Waals surface area contributed by atoms with Crippen molar-refractivity contribution in [2.24, 2.45) is 0 Å². The Bertz CT molecular complexity index is 1430. The van der Waals surface area contributed by atoms with E-state index in [1.807, 2.05) is 79.7 Å². The second-order valence-corrected chi connectivity index (χ2v) is 8.61. The van der Waals surface area contributed by atoms with E-state index in [9.17, 15) is 4.79 Å². The summed E-state index contributed by atoms with van der Waals surface area (Å²) in [4.78, 5) is 17.8. The van der Waals surface area contributed by atoms with E-state index in [2.05, 4.69) is 20.7 Å². The summed E-state index contributed by atoms with van der Waals surface area (Å²) < 4.78 is 13.4. The number of fused-ring (bicyclic) bond motifs is 1. The molecule has 1 atom stereocenters.